The summed E-state index contributed by atoms with van der Waals surface area (Å²) in [4.78, 5) is 6.99. The molecule has 0 saturated heterocycles. The van der Waals surface area contributed by atoms with Gasteiger partial charge in [0.25, 0.3) is 0 Å². The van der Waals surface area contributed by atoms with Gasteiger partial charge in [0, 0.05) is 0 Å². The molecular formula is C6H14NaO2P. The average molecular weight is 172 g/mol. The summed E-state index contributed by atoms with van der Waals surface area (Å²) in [6.07, 6.45) is 5.78. The predicted octanol–water partition coefficient (Wildman–Crippen LogP) is 2.34. The molecule has 0 amide bonds. The van der Waals surface area contributed by atoms with Crippen molar-refractivity contribution in [2.45, 2.75) is 36.3 Å². The Morgan fingerprint density at radius 1 is 1.40 bits per heavy atom. The van der Waals surface area contributed by atoms with Crippen LogP contribution in [0.5, 0.6) is 0 Å². The topological polar surface area (TPSA) is 37.3 Å². The molecule has 0 spiro atoms. The van der Waals surface area contributed by atoms with Crippen molar-refractivity contribution in [3.05, 3.63) is 0 Å². The predicted molar refractivity (Wildman–Crippen MR) is 44.5 cm³/mol. The Morgan fingerprint density at radius 2 is 1.90 bits per heavy atom. The summed E-state index contributed by atoms with van der Waals surface area (Å²) < 4.78 is 9.96. The molecule has 0 atom stereocenters. The van der Waals surface area contributed by atoms with Gasteiger partial charge in [-0.15, -0.1) is 0 Å². The Balaban J connectivity index is 0. The maximum absolute atomic E-state index is 8.46. The van der Waals surface area contributed by atoms with Crippen LogP contribution in [0.25, 0.3) is 0 Å². The molecule has 10 heavy (non-hydrogen) atoms. The first kappa shape index (κ1) is 13.6. The fraction of sp³-hybridized carbons (Fsp3) is 1.00. The summed E-state index contributed by atoms with van der Waals surface area (Å²) in [6.45, 7) is 2.26. The van der Waals surface area contributed by atoms with Crippen molar-refractivity contribution in [2.75, 3.05) is 0 Å². The second kappa shape index (κ2) is 16.6. The van der Waals surface area contributed by atoms with E-state index in [9.17, 15) is 0 Å². The van der Waals surface area contributed by atoms with E-state index >= 15 is 0 Å². The summed E-state index contributed by atoms with van der Waals surface area (Å²) >= 11 is 1.41. The monoisotopic (exact) mass is 172 g/mol. The molecule has 0 aliphatic carbocycles. The van der Waals surface area contributed by atoms with Crippen molar-refractivity contribution < 1.29 is 9.46 Å². The van der Waals surface area contributed by atoms with Crippen molar-refractivity contribution in [3.8, 4) is 0 Å². The van der Waals surface area contributed by atoms with Crippen molar-refractivity contribution >= 4 is 36.6 Å². The summed E-state index contributed by atoms with van der Waals surface area (Å²) in [5.41, 5.74) is 0. The molecule has 0 aromatic carbocycles. The molecule has 56 valence electrons. The van der Waals surface area contributed by atoms with Gasteiger partial charge in [-0.1, -0.05) is 0 Å². The van der Waals surface area contributed by atoms with Crippen LogP contribution in [0.4, 0.5) is 0 Å². The van der Waals surface area contributed by atoms with Crippen molar-refractivity contribution in [2.24, 2.45) is 0 Å². The Labute approximate surface area is 82.1 Å². The maximum Gasteiger partial charge on any atom is 0.324 e. The zero-order valence-electron chi connectivity index (χ0n) is 6.84. The van der Waals surface area contributed by atoms with Gasteiger partial charge >= 0.3 is 72.9 Å². The van der Waals surface area contributed by atoms with Gasteiger partial charge in [-0.05, 0) is 0 Å². The smallest absolute Gasteiger partial charge is 0.310 e. The molecule has 0 aromatic heterocycles. The third-order valence-corrected chi connectivity index (χ3v) is 1.91. The van der Waals surface area contributed by atoms with Crippen molar-refractivity contribution in [3.63, 3.8) is 0 Å². The van der Waals surface area contributed by atoms with E-state index in [4.69, 9.17) is 9.46 Å². The van der Waals surface area contributed by atoms with Gasteiger partial charge in [0.05, 0.1) is 0 Å². The first-order valence-corrected chi connectivity index (χ1v) is 5.98. The first-order valence-electron chi connectivity index (χ1n) is 3.80. The quantitative estimate of drug-likeness (QED) is 0.401. The number of hydrogen-bond acceptors (Lipinski definition) is 1. The molecule has 0 bridgehead atoms. The van der Waals surface area contributed by atoms with Crippen LogP contribution >= 0.6 is 8.69 Å². The van der Waals surface area contributed by atoms with E-state index < -0.39 is 8.69 Å². The fourth-order valence-corrected chi connectivity index (χ4v) is 1.18. The Kier molecular flexibility index (Phi) is 22.6. The molecule has 0 unspecified atom stereocenters. The molecule has 0 saturated carbocycles. The van der Waals surface area contributed by atoms with Crippen LogP contribution in [0.15, 0.2) is 0 Å². The van der Waals surface area contributed by atoms with E-state index in [2.05, 4.69) is 6.92 Å². The third-order valence-electron chi connectivity index (χ3n) is 1.21. The molecule has 4 heteroatoms. The second-order valence-electron chi connectivity index (χ2n) is 2.14. The molecule has 0 aromatic rings. The van der Waals surface area contributed by atoms with Crippen LogP contribution in [0.2, 0.25) is 3.67 Å². The summed E-state index contributed by atoms with van der Waals surface area (Å²) in [6, 6.07) is 0. The van der Waals surface area contributed by atoms with E-state index in [0.717, 1.165) is 0 Å². The van der Waals surface area contributed by atoms with Crippen LogP contribution in [-0.4, -0.2) is 32.8 Å². The number of rotatable bonds is 4. The van der Waals surface area contributed by atoms with Gasteiger partial charge in [0.15, 0.2) is 0 Å². The molecule has 1 N–H and O–H groups in total. The Bertz CT molecular complexity index is 57.7. The maximum atomic E-state index is 8.46. The zero-order chi connectivity index (χ0) is 8.24. The van der Waals surface area contributed by atoms with Gasteiger partial charge in [-0.3, -0.25) is 0 Å². The van der Waals surface area contributed by atoms with Gasteiger partial charge in [0.1, 0.15) is 0 Å². The van der Waals surface area contributed by atoms with Crippen LogP contribution in [0.1, 0.15) is 32.6 Å². The Hall–Kier alpha value is 1.06. The van der Waals surface area contributed by atoms with Crippen LogP contribution < -0.4 is 0 Å². The van der Waals surface area contributed by atoms with Crippen LogP contribution in [-0.2, 0) is 4.57 Å². The van der Waals surface area contributed by atoms with Gasteiger partial charge in [-0.25, -0.2) is 4.57 Å². The number of unbranched alkanes of at least 4 members (excludes halogenated alkanes) is 3. The number of hydrogen-bond donors (Lipinski definition) is 1. The average Bonchev–Trinajstić information content (AvgIpc) is 1.91. The standard InChI is InChI=1S/C6H13.Na.HO2P/c1-3-5-6-4-2;;1-3-2/h1,3-6H2,2H3;;(H,1,2). The minimum atomic E-state index is -0.833. The molecule has 0 aliphatic rings. The SMILES string of the molecule is CCCCC[CH2][Na].O=PO. The summed E-state index contributed by atoms with van der Waals surface area (Å²) in [5.74, 6) is 0. The molecule has 0 radical (unpaired) electrons. The van der Waals surface area contributed by atoms with E-state index in [1.165, 1.54) is 57.3 Å². The van der Waals surface area contributed by atoms with E-state index in [-0.39, 0.29) is 0 Å². The molecule has 0 rings (SSSR count). The molecular weight excluding hydrogens is 158 g/mol. The fourth-order valence-electron chi connectivity index (χ4n) is 0.677. The van der Waals surface area contributed by atoms with E-state index in [1.54, 1.807) is 0 Å². The van der Waals surface area contributed by atoms with E-state index in [0.29, 0.717) is 0 Å². The normalized spacial score (nSPS) is 8.80. The molecule has 2 nitrogen and oxygen atoms in total. The minimum absolute atomic E-state index is 0.833. The summed E-state index contributed by atoms with van der Waals surface area (Å²) in [5, 5.41) is 0. The molecule has 0 fully saturated rings. The zero-order valence-corrected chi connectivity index (χ0v) is 9.73. The molecule has 0 heterocycles. The summed E-state index contributed by atoms with van der Waals surface area (Å²) in [7, 11) is -0.833. The van der Waals surface area contributed by atoms with Gasteiger partial charge in [-0.2, -0.15) is 0 Å². The van der Waals surface area contributed by atoms with Gasteiger partial charge in [0.2, 0.25) is 0 Å². The van der Waals surface area contributed by atoms with Crippen LogP contribution in [0.3, 0.4) is 0 Å². The van der Waals surface area contributed by atoms with Crippen LogP contribution in [0, 0.1) is 0 Å². The first-order chi connectivity index (χ1) is 4.83. The largest absolute Gasteiger partial charge is 0.324 e. The minimum Gasteiger partial charge on any atom is -0.310 e. The third kappa shape index (κ3) is 23.0. The van der Waals surface area contributed by atoms with Crippen molar-refractivity contribution in [1.29, 1.82) is 0 Å². The molecule has 0 aliphatic heterocycles. The van der Waals surface area contributed by atoms with Gasteiger partial charge < -0.3 is 4.89 Å². The Morgan fingerprint density at radius 3 is 2.20 bits per heavy atom. The second-order valence-corrected chi connectivity index (χ2v) is 3.31. The van der Waals surface area contributed by atoms with Crippen molar-refractivity contribution in [1.82, 2.24) is 0 Å². The van der Waals surface area contributed by atoms with E-state index in [1.807, 2.05) is 0 Å².